The molecule has 21 heavy (non-hydrogen) atoms. The number of nitro groups is 1. The zero-order chi connectivity index (χ0) is 15.6. The summed E-state index contributed by atoms with van der Waals surface area (Å²) in [6, 6.07) is 7.74. The lowest BCUT2D eigenvalue weighted by Crippen LogP contribution is -2.49. The molecule has 2 atom stereocenters. The molecule has 1 aromatic rings. The first-order chi connectivity index (χ1) is 9.85. The number of hydrogen-bond acceptors (Lipinski definition) is 5. The maximum Gasteiger partial charge on any atom is 0.302 e. The number of likely N-dealkylation sites (N-methyl/N-ethyl adjacent to an activating group) is 1. The largest absolute Gasteiger partial charge is 0.458 e. The summed E-state index contributed by atoms with van der Waals surface area (Å²) in [7, 11) is 1.85. The van der Waals surface area contributed by atoms with Crippen LogP contribution in [0.1, 0.15) is 24.0 Å². The standard InChI is InChI=1S/C15H20N2O4/c1-11-4-6-13(7-5-11)14-8-16(3)9-15(14,17(19)20)10-21-12(2)18/h4-7,14H,8-10H2,1-3H3/t14-,15+/m1/s1. The number of ether oxygens (including phenoxy) is 1. The average Bonchev–Trinajstić information content (AvgIpc) is 2.75. The van der Waals surface area contributed by atoms with Gasteiger partial charge in [-0.25, -0.2) is 0 Å². The summed E-state index contributed by atoms with van der Waals surface area (Å²) in [5.74, 6) is -0.786. The lowest BCUT2D eigenvalue weighted by Gasteiger charge is -2.26. The predicted octanol–water partition coefficient (Wildman–Crippen LogP) is 1.60. The normalized spacial score (nSPS) is 25.8. The van der Waals surface area contributed by atoms with Crippen molar-refractivity contribution in [1.82, 2.24) is 4.90 Å². The van der Waals surface area contributed by atoms with Crippen LogP contribution < -0.4 is 0 Å². The number of benzene rings is 1. The first kappa shape index (κ1) is 15.4. The van der Waals surface area contributed by atoms with Crippen LogP contribution in [0.15, 0.2) is 24.3 Å². The summed E-state index contributed by atoms with van der Waals surface area (Å²) < 4.78 is 5.01. The van der Waals surface area contributed by atoms with Gasteiger partial charge in [-0.3, -0.25) is 19.8 Å². The second kappa shape index (κ2) is 5.81. The van der Waals surface area contributed by atoms with Crippen molar-refractivity contribution in [3.05, 3.63) is 45.5 Å². The molecule has 114 valence electrons. The highest BCUT2D eigenvalue weighted by Gasteiger charge is 2.57. The first-order valence-corrected chi connectivity index (χ1v) is 6.88. The Bertz CT molecular complexity index is 543. The number of carbonyl (C=O) groups excluding carboxylic acids is 1. The Kier molecular flexibility index (Phi) is 4.27. The maximum absolute atomic E-state index is 11.7. The molecule has 0 amide bonds. The van der Waals surface area contributed by atoms with Crippen LogP contribution in [-0.4, -0.2) is 48.1 Å². The van der Waals surface area contributed by atoms with E-state index in [0.29, 0.717) is 6.54 Å². The molecule has 0 unspecified atom stereocenters. The fourth-order valence-electron chi connectivity index (χ4n) is 2.95. The van der Waals surface area contributed by atoms with Crippen LogP contribution >= 0.6 is 0 Å². The molecular weight excluding hydrogens is 272 g/mol. The van der Waals surface area contributed by atoms with E-state index in [1.165, 1.54) is 6.92 Å². The molecular formula is C15H20N2O4. The second-order valence-electron chi connectivity index (χ2n) is 5.80. The van der Waals surface area contributed by atoms with Gasteiger partial charge in [0.2, 0.25) is 0 Å². The highest BCUT2D eigenvalue weighted by molar-refractivity contribution is 5.66. The number of hydrogen-bond donors (Lipinski definition) is 0. The molecule has 0 spiro atoms. The number of nitrogens with zero attached hydrogens (tertiary/aromatic N) is 2. The maximum atomic E-state index is 11.7. The summed E-state index contributed by atoms with van der Waals surface area (Å²) in [5, 5.41) is 11.7. The van der Waals surface area contributed by atoms with Gasteiger partial charge in [0, 0.05) is 18.4 Å². The molecule has 1 saturated heterocycles. The van der Waals surface area contributed by atoms with Gasteiger partial charge in [0.1, 0.15) is 0 Å². The third-order valence-corrected chi connectivity index (χ3v) is 4.06. The Morgan fingerprint density at radius 2 is 2.10 bits per heavy atom. The van der Waals surface area contributed by atoms with Crippen LogP contribution in [0.5, 0.6) is 0 Å². The zero-order valence-electron chi connectivity index (χ0n) is 12.5. The van der Waals surface area contributed by atoms with Gasteiger partial charge in [-0.15, -0.1) is 0 Å². The van der Waals surface area contributed by atoms with Gasteiger partial charge < -0.3 is 4.74 Å². The van der Waals surface area contributed by atoms with E-state index in [2.05, 4.69) is 0 Å². The number of carbonyl (C=O) groups is 1. The molecule has 0 radical (unpaired) electrons. The molecule has 0 aromatic heterocycles. The van der Waals surface area contributed by atoms with Gasteiger partial charge in [-0.05, 0) is 19.5 Å². The fourth-order valence-corrected chi connectivity index (χ4v) is 2.95. The molecule has 1 aliphatic rings. The molecule has 6 nitrogen and oxygen atoms in total. The minimum atomic E-state index is -1.28. The monoisotopic (exact) mass is 292 g/mol. The molecule has 1 aliphatic heterocycles. The second-order valence-corrected chi connectivity index (χ2v) is 5.80. The SMILES string of the molecule is CC(=O)OC[C@@]1([N+](=O)[O-])CN(C)C[C@@H]1c1ccc(C)cc1. The zero-order valence-corrected chi connectivity index (χ0v) is 12.5. The van der Waals surface area contributed by atoms with Gasteiger partial charge in [0.15, 0.2) is 6.61 Å². The lowest BCUT2D eigenvalue weighted by molar-refractivity contribution is -0.572. The molecule has 0 aliphatic carbocycles. The van der Waals surface area contributed by atoms with Gasteiger partial charge in [0.25, 0.3) is 5.54 Å². The van der Waals surface area contributed by atoms with Crippen LogP contribution in [0.3, 0.4) is 0 Å². The first-order valence-electron chi connectivity index (χ1n) is 6.88. The van der Waals surface area contributed by atoms with E-state index in [9.17, 15) is 14.9 Å². The number of aryl methyl sites for hydroxylation is 1. The van der Waals surface area contributed by atoms with E-state index in [-0.39, 0.29) is 24.0 Å². The molecule has 1 heterocycles. The van der Waals surface area contributed by atoms with Crippen LogP contribution in [0.25, 0.3) is 0 Å². The molecule has 1 aromatic carbocycles. The van der Waals surface area contributed by atoms with Crippen LogP contribution in [0.2, 0.25) is 0 Å². The predicted molar refractivity (Wildman–Crippen MR) is 77.8 cm³/mol. The minimum Gasteiger partial charge on any atom is -0.458 e. The van der Waals surface area contributed by atoms with Crippen molar-refractivity contribution in [2.24, 2.45) is 0 Å². The smallest absolute Gasteiger partial charge is 0.302 e. The third-order valence-electron chi connectivity index (χ3n) is 4.06. The summed E-state index contributed by atoms with van der Waals surface area (Å²) in [6.07, 6.45) is 0. The Labute approximate surface area is 123 Å². The Balaban J connectivity index is 2.37. The molecule has 6 heteroatoms. The Morgan fingerprint density at radius 3 is 2.62 bits per heavy atom. The summed E-state index contributed by atoms with van der Waals surface area (Å²) in [5.41, 5.74) is 0.737. The van der Waals surface area contributed by atoms with E-state index >= 15 is 0 Å². The molecule has 0 saturated carbocycles. The van der Waals surface area contributed by atoms with Crippen molar-refractivity contribution in [3.8, 4) is 0 Å². The van der Waals surface area contributed by atoms with E-state index in [1.54, 1.807) is 0 Å². The van der Waals surface area contributed by atoms with Gasteiger partial charge in [-0.2, -0.15) is 0 Å². The van der Waals surface area contributed by atoms with Crippen LogP contribution in [-0.2, 0) is 9.53 Å². The van der Waals surface area contributed by atoms with Crippen molar-refractivity contribution in [3.63, 3.8) is 0 Å². The van der Waals surface area contributed by atoms with E-state index < -0.39 is 11.5 Å². The number of esters is 1. The summed E-state index contributed by atoms with van der Waals surface area (Å²) >= 11 is 0. The van der Waals surface area contributed by atoms with Gasteiger partial charge in [-0.1, -0.05) is 29.8 Å². The van der Waals surface area contributed by atoms with E-state index in [1.807, 2.05) is 43.1 Å². The van der Waals surface area contributed by atoms with Crippen LogP contribution in [0.4, 0.5) is 0 Å². The van der Waals surface area contributed by atoms with E-state index in [0.717, 1.165) is 11.1 Å². The average molecular weight is 292 g/mol. The van der Waals surface area contributed by atoms with Crippen LogP contribution in [0, 0.1) is 17.0 Å². The van der Waals surface area contributed by atoms with Gasteiger partial charge >= 0.3 is 5.97 Å². The third kappa shape index (κ3) is 3.05. The molecule has 0 N–H and O–H groups in total. The van der Waals surface area contributed by atoms with Crippen molar-refractivity contribution in [2.75, 3.05) is 26.7 Å². The van der Waals surface area contributed by atoms with Gasteiger partial charge in [0.05, 0.1) is 12.5 Å². The summed E-state index contributed by atoms with van der Waals surface area (Å²) in [6.45, 7) is 3.90. The highest BCUT2D eigenvalue weighted by Crippen LogP contribution is 2.38. The molecule has 0 bridgehead atoms. The summed E-state index contributed by atoms with van der Waals surface area (Å²) in [4.78, 5) is 24.4. The van der Waals surface area contributed by atoms with Crippen molar-refractivity contribution >= 4 is 5.97 Å². The fraction of sp³-hybridized carbons (Fsp3) is 0.533. The molecule has 2 rings (SSSR count). The van der Waals surface area contributed by atoms with Crippen molar-refractivity contribution < 1.29 is 14.5 Å². The Hall–Kier alpha value is -1.95. The number of likely N-dealkylation sites (tertiary alicyclic amines) is 1. The topological polar surface area (TPSA) is 72.7 Å². The van der Waals surface area contributed by atoms with Crippen molar-refractivity contribution in [2.45, 2.75) is 25.3 Å². The quantitative estimate of drug-likeness (QED) is 0.479. The molecule has 1 fully saturated rings. The Morgan fingerprint density at radius 1 is 1.48 bits per heavy atom. The number of rotatable bonds is 4. The lowest BCUT2D eigenvalue weighted by atomic mass is 9.82. The minimum absolute atomic E-state index is 0.196. The highest BCUT2D eigenvalue weighted by atomic mass is 16.6. The van der Waals surface area contributed by atoms with Crippen molar-refractivity contribution in [1.29, 1.82) is 0 Å². The van der Waals surface area contributed by atoms with E-state index in [4.69, 9.17) is 4.74 Å².